The number of rotatable bonds is 3. The Kier molecular flexibility index (Phi) is 3.74. The Morgan fingerprint density at radius 2 is 2.06 bits per heavy atom. The highest BCUT2D eigenvalue weighted by atomic mass is 79.9. The summed E-state index contributed by atoms with van der Waals surface area (Å²) in [7, 11) is 0. The van der Waals surface area contributed by atoms with Crippen molar-refractivity contribution in [3.63, 3.8) is 0 Å². The number of hydrogen-bond donors (Lipinski definition) is 2. The summed E-state index contributed by atoms with van der Waals surface area (Å²) >= 11 is 5.20. The van der Waals surface area contributed by atoms with Gasteiger partial charge in [-0.05, 0) is 65.7 Å². The first-order valence-corrected chi connectivity index (χ1v) is 6.98. The smallest absolute Gasteiger partial charge is 0.115 e. The van der Waals surface area contributed by atoms with Gasteiger partial charge in [-0.25, -0.2) is 0 Å². The summed E-state index contributed by atoms with van der Waals surface area (Å²) in [6, 6.07) is 9.80. The Labute approximate surface area is 113 Å². The number of anilines is 1. The van der Waals surface area contributed by atoms with E-state index < -0.39 is 0 Å². The maximum absolute atomic E-state index is 9.36. The molecule has 2 aromatic rings. The molecule has 0 aliphatic heterocycles. The van der Waals surface area contributed by atoms with Gasteiger partial charge in [-0.3, -0.25) is 0 Å². The van der Waals surface area contributed by atoms with E-state index in [1.165, 1.54) is 4.88 Å². The Hall–Kier alpha value is -1.000. The van der Waals surface area contributed by atoms with Crippen molar-refractivity contribution < 1.29 is 5.11 Å². The summed E-state index contributed by atoms with van der Waals surface area (Å²) < 4.78 is 1.14. The lowest BCUT2D eigenvalue weighted by Crippen LogP contribution is -2.05. The minimum atomic E-state index is 0.259. The highest BCUT2D eigenvalue weighted by Gasteiger charge is 2.09. The molecule has 0 fully saturated rings. The standard InChI is InChI=1S/C13H14BrNOS/c1-8-7-10(16)3-4-11(8)15-9(2)12-5-6-13(14)17-12/h3-7,9,15-16H,1-2H3. The molecule has 1 aromatic heterocycles. The fraction of sp³-hybridized carbons (Fsp3) is 0.231. The molecule has 4 heteroatoms. The van der Waals surface area contributed by atoms with Crippen LogP contribution in [0.4, 0.5) is 5.69 Å². The van der Waals surface area contributed by atoms with Gasteiger partial charge in [0, 0.05) is 10.6 Å². The van der Waals surface area contributed by atoms with Gasteiger partial charge in [-0.15, -0.1) is 11.3 Å². The summed E-state index contributed by atoms with van der Waals surface area (Å²) in [5, 5.41) is 12.8. The minimum Gasteiger partial charge on any atom is -0.508 e. The monoisotopic (exact) mass is 311 g/mol. The SMILES string of the molecule is Cc1cc(O)ccc1NC(C)c1ccc(Br)s1. The number of benzene rings is 1. The molecule has 0 aliphatic rings. The molecule has 17 heavy (non-hydrogen) atoms. The quantitative estimate of drug-likeness (QED) is 0.805. The van der Waals surface area contributed by atoms with E-state index in [-0.39, 0.29) is 6.04 Å². The second-order valence-corrected chi connectivity index (χ2v) is 6.50. The van der Waals surface area contributed by atoms with Crippen molar-refractivity contribution in [2.24, 2.45) is 0 Å². The molecule has 0 bridgehead atoms. The maximum atomic E-state index is 9.36. The average molecular weight is 312 g/mol. The Bertz CT molecular complexity index is 524. The van der Waals surface area contributed by atoms with E-state index in [1.54, 1.807) is 23.5 Å². The van der Waals surface area contributed by atoms with E-state index in [9.17, 15) is 5.11 Å². The second-order valence-electron chi connectivity index (χ2n) is 4.01. The molecule has 1 heterocycles. The van der Waals surface area contributed by atoms with E-state index >= 15 is 0 Å². The van der Waals surface area contributed by atoms with Crippen LogP contribution in [0.25, 0.3) is 0 Å². The number of nitrogens with one attached hydrogen (secondary N) is 1. The highest BCUT2D eigenvalue weighted by Crippen LogP contribution is 2.30. The zero-order chi connectivity index (χ0) is 12.4. The molecule has 2 rings (SSSR count). The van der Waals surface area contributed by atoms with Crippen LogP contribution in [0.15, 0.2) is 34.1 Å². The zero-order valence-electron chi connectivity index (χ0n) is 9.70. The van der Waals surface area contributed by atoms with E-state index in [1.807, 2.05) is 13.0 Å². The van der Waals surface area contributed by atoms with E-state index in [4.69, 9.17) is 0 Å². The van der Waals surface area contributed by atoms with Crippen LogP contribution in [0, 0.1) is 6.92 Å². The lowest BCUT2D eigenvalue weighted by atomic mass is 10.1. The van der Waals surface area contributed by atoms with Gasteiger partial charge in [0.05, 0.1) is 9.83 Å². The molecule has 1 atom stereocenters. The topological polar surface area (TPSA) is 32.3 Å². The van der Waals surface area contributed by atoms with Crippen molar-refractivity contribution in [3.05, 3.63) is 44.6 Å². The minimum absolute atomic E-state index is 0.259. The number of phenolic OH excluding ortho intramolecular Hbond substituents is 1. The van der Waals surface area contributed by atoms with Crippen LogP contribution in [-0.2, 0) is 0 Å². The summed E-state index contributed by atoms with van der Waals surface area (Å²) in [6.07, 6.45) is 0. The van der Waals surface area contributed by atoms with Crippen LogP contribution >= 0.6 is 27.3 Å². The van der Waals surface area contributed by atoms with Crippen molar-refractivity contribution in [1.29, 1.82) is 0 Å². The number of aromatic hydroxyl groups is 1. The number of aryl methyl sites for hydroxylation is 1. The molecule has 1 aromatic carbocycles. The highest BCUT2D eigenvalue weighted by molar-refractivity contribution is 9.11. The van der Waals surface area contributed by atoms with Gasteiger partial charge in [-0.2, -0.15) is 0 Å². The molecule has 2 nitrogen and oxygen atoms in total. The zero-order valence-corrected chi connectivity index (χ0v) is 12.1. The number of halogens is 1. The van der Waals surface area contributed by atoms with Crippen molar-refractivity contribution in [3.8, 4) is 5.75 Å². The number of phenols is 1. The van der Waals surface area contributed by atoms with Gasteiger partial charge < -0.3 is 10.4 Å². The molecule has 2 N–H and O–H groups in total. The van der Waals surface area contributed by atoms with Crippen LogP contribution in [0.5, 0.6) is 5.75 Å². The molecule has 0 saturated carbocycles. The predicted molar refractivity (Wildman–Crippen MR) is 76.9 cm³/mol. The first-order valence-electron chi connectivity index (χ1n) is 5.37. The molecule has 90 valence electrons. The van der Waals surface area contributed by atoms with Crippen LogP contribution < -0.4 is 5.32 Å². The first kappa shape index (κ1) is 12.5. The normalized spacial score (nSPS) is 12.4. The van der Waals surface area contributed by atoms with Gasteiger partial charge in [0.1, 0.15) is 5.75 Å². The molecule has 0 saturated heterocycles. The number of thiophene rings is 1. The van der Waals surface area contributed by atoms with Crippen molar-refractivity contribution >= 4 is 33.0 Å². The van der Waals surface area contributed by atoms with Gasteiger partial charge in [0.25, 0.3) is 0 Å². The molecule has 1 unspecified atom stereocenters. The molecule has 0 aliphatic carbocycles. The first-order chi connectivity index (χ1) is 8.06. The fourth-order valence-corrected chi connectivity index (χ4v) is 3.10. The van der Waals surface area contributed by atoms with Gasteiger partial charge in [0.2, 0.25) is 0 Å². The molecule has 0 radical (unpaired) electrons. The third kappa shape index (κ3) is 3.01. The van der Waals surface area contributed by atoms with Gasteiger partial charge in [-0.1, -0.05) is 0 Å². The van der Waals surface area contributed by atoms with Crippen LogP contribution in [0.2, 0.25) is 0 Å². The third-order valence-electron chi connectivity index (χ3n) is 2.60. The molecular weight excluding hydrogens is 298 g/mol. The van der Waals surface area contributed by atoms with Gasteiger partial charge >= 0.3 is 0 Å². The second kappa shape index (κ2) is 5.10. The van der Waals surface area contributed by atoms with Crippen molar-refractivity contribution in [1.82, 2.24) is 0 Å². The third-order valence-corrected chi connectivity index (χ3v) is 4.41. The van der Waals surface area contributed by atoms with E-state index in [2.05, 4.69) is 40.3 Å². The molecule has 0 spiro atoms. The molecular formula is C13H14BrNOS. The van der Waals surface area contributed by atoms with Crippen LogP contribution in [-0.4, -0.2) is 5.11 Å². The van der Waals surface area contributed by atoms with E-state index in [0.29, 0.717) is 5.75 Å². The maximum Gasteiger partial charge on any atom is 0.115 e. The lowest BCUT2D eigenvalue weighted by molar-refractivity contribution is 0.475. The predicted octanol–water partition coefficient (Wildman–Crippen LogP) is 4.70. The fourth-order valence-electron chi connectivity index (χ4n) is 1.68. The lowest BCUT2D eigenvalue weighted by Gasteiger charge is -2.15. The number of hydrogen-bond acceptors (Lipinski definition) is 3. The summed E-state index contributed by atoms with van der Waals surface area (Å²) in [6.45, 7) is 4.11. The van der Waals surface area contributed by atoms with Crippen molar-refractivity contribution in [2.45, 2.75) is 19.9 Å². The Morgan fingerprint density at radius 1 is 1.29 bits per heavy atom. The Balaban J connectivity index is 2.15. The van der Waals surface area contributed by atoms with E-state index in [0.717, 1.165) is 15.0 Å². The Morgan fingerprint density at radius 3 is 2.65 bits per heavy atom. The summed E-state index contributed by atoms with van der Waals surface area (Å²) in [4.78, 5) is 1.28. The largest absolute Gasteiger partial charge is 0.508 e. The van der Waals surface area contributed by atoms with Crippen LogP contribution in [0.1, 0.15) is 23.4 Å². The summed E-state index contributed by atoms with van der Waals surface area (Å²) in [5.74, 6) is 0.305. The molecule has 0 amide bonds. The van der Waals surface area contributed by atoms with Gasteiger partial charge in [0.15, 0.2) is 0 Å². The summed E-state index contributed by atoms with van der Waals surface area (Å²) in [5.41, 5.74) is 2.10. The van der Waals surface area contributed by atoms with Crippen molar-refractivity contribution in [2.75, 3.05) is 5.32 Å². The van der Waals surface area contributed by atoms with Crippen LogP contribution in [0.3, 0.4) is 0 Å². The average Bonchev–Trinajstić information content (AvgIpc) is 2.69.